The number of benzene rings is 1. The summed E-state index contributed by atoms with van der Waals surface area (Å²) >= 11 is 0. The Bertz CT molecular complexity index is 557. The minimum absolute atomic E-state index is 0.0431. The number of hydrogen-bond donors (Lipinski definition) is 1. The molecular formula is C15H20N2O5. The number of amides is 1. The van der Waals surface area contributed by atoms with Gasteiger partial charge in [0.25, 0.3) is 0 Å². The molecule has 1 aromatic rings. The van der Waals surface area contributed by atoms with Gasteiger partial charge in [-0.2, -0.15) is 0 Å². The normalized spacial score (nSPS) is 13.8. The van der Waals surface area contributed by atoms with Crippen LogP contribution >= 0.6 is 0 Å². The predicted octanol–water partition coefficient (Wildman–Crippen LogP) is 0.456. The van der Waals surface area contributed by atoms with E-state index in [4.69, 9.17) is 14.2 Å². The number of aryl methyl sites for hydroxylation is 1. The van der Waals surface area contributed by atoms with Crippen LogP contribution in [0.25, 0.3) is 0 Å². The molecule has 0 aromatic heterocycles. The molecule has 0 atom stereocenters. The molecule has 2 rings (SSSR count). The van der Waals surface area contributed by atoms with E-state index in [9.17, 15) is 9.59 Å². The number of esters is 1. The second kappa shape index (κ2) is 7.24. The lowest BCUT2D eigenvalue weighted by Crippen LogP contribution is -2.45. The monoisotopic (exact) mass is 308 g/mol. The maximum atomic E-state index is 12.0. The Morgan fingerprint density at radius 2 is 2.14 bits per heavy atom. The highest BCUT2D eigenvalue weighted by molar-refractivity contribution is 5.89. The van der Waals surface area contributed by atoms with Crippen molar-refractivity contribution in [2.75, 3.05) is 38.8 Å². The first kappa shape index (κ1) is 16.3. The highest BCUT2D eigenvalue weighted by Gasteiger charge is 2.25. The Morgan fingerprint density at radius 1 is 1.41 bits per heavy atom. The lowest BCUT2D eigenvalue weighted by molar-refractivity contribution is -0.133. The molecule has 1 heterocycles. The molecule has 0 spiro atoms. The second-order valence-corrected chi connectivity index (χ2v) is 5.01. The van der Waals surface area contributed by atoms with Gasteiger partial charge in [0, 0.05) is 14.2 Å². The highest BCUT2D eigenvalue weighted by atomic mass is 16.7. The fraction of sp³-hybridized carbons (Fsp3) is 0.467. The molecule has 7 heteroatoms. The van der Waals surface area contributed by atoms with Crippen molar-refractivity contribution in [1.29, 1.82) is 0 Å². The van der Waals surface area contributed by atoms with Gasteiger partial charge in [-0.1, -0.05) is 6.07 Å². The van der Waals surface area contributed by atoms with Gasteiger partial charge in [-0.25, -0.2) is 4.79 Å². The first-order valence-corrected chi connectivity index (χ1v) is 6.92. The fourth-order valence-corrected chi connectivity index (χ4v) is 2.19. The van der Waals surface area contributed by atoms with Crippen molar-refractivity contribution in [3.05, 3.63) is 23.8 Å². The van der Waals surface area contributed by atoms with Crippen LogP contribution in [0.5, 0.6) is 5.75 Å². The summed E-state index contributed by atoms with van der Waals surface area (Å²) in [5, 5.41) is 2.71. The minimum atomic E-state index is -0.495. The molecular weight excluding hydrogens is 288 g/mol. The van der Waals surface area contributed by atoms with Crippen molar-refractivity contribution >= 4 is 17.6 Å². The number of methoxy groups -OCH3 is 2. The van der Waals surface area contributed by atoms with Crippen LogP contribution in [0.2, 0.25) is 0 Å². The van der Waals surface area contributed by atoms with Crippen LogP contribution < -0.4 is 15.0 Å². The average Bonchev–Trinajstić information content (AvgIpc) is 2.47. The maximum absolute atomic E-state index is 12.0. The summed E-state index contributed by atoms with van der Waals surface area (Å²) in [6, 6.07) is 5.54. The summed E-state index contributed by atoms with van der Waals surface area (Å²) in [5.74, 6) is -0.117. The van der Waals surface area contributed by atoms with Gasteiger partial charge in [0.2, 0.25) is 5.91 Å². The van der Waals surface area contributed by atoms with Crippen LogP contribution in [-0.2, 0) is 19.1 Å². The Balaban J connectivity index is 2.01. The molecule has 1 aliphatic rings. The third kappa shape index (κ3) is 3.96. The number of nitrogens with one attached hydrogen (secondary N) is 1. The third-order valence-corrected chi connectivity index (χ3v) is 3.33. The zero-order chi connectivity index (χ0) is 16.1. The van der Waals surface area contributed by atoms with E-state index in [1.54, 1.807) is 11.0 Å². The molecule has 0 fully saturated rings. The summed E-state index contributed by atoms with van der Waals surface area (Å²) in [5.41, 5.74) is 1.72. The summed E-state index contributed by atoms with van der Waals surface area (Å²) < 4.78 is 15.2. The fourth-order valence-electron chi connectivity index (χ4n) is 2.19. The number of nitrogens with zero attached hydrogens (tertiary/aromatic N) is 1. The molecule has 1 aromatic carbocycles. The number of fused-ring (bicyclic) bond motifs is 1. The number of carbonyl (C=O) groups excluding carboxylic acids is 2. The van der Waals surface area contributed by atoms with Gasteiger partial charge in [-0.05, 0) is 24.6 Å². The average molecular weight is 308 g/mol. The van der Waals surface area contributed by atoms with Crippen molar-refractivity contribution < 1.29 is 23.8 Å². The van der Waals surface area contributed by atoms with E-state index in [1.807, 2.05) is 19.1 Å². The number of rotatable bonds is 6. The van der Waals surface area contributed by atoms with Gasteiger partial charge in [0.15, 0.2) is 12.0 Å². The van der Waals surface area contributed by atoms with Gasteiger partial charge in [0.05, 0.1) is 18.8 Å². The Labute approximate surface area is 129 Å². The minimum Gasteiger partial charge on any atom is -0.423 e. The molecule has 0 aliphatic carbocycles. The molecule has 1 aliphatic heterocycles. The predicted molar refractivity (Wildman–Crippen MR) is 79.8 cm³/mol. The molecule has 1 N–H and O–H groups in total. The zero-order valence-corrected chi connectivity index (χ0v) is 12.9. The SMILES string of the molecule is COC(CNC(=O)CN1CC(=O)Oc2cc(C)ccc21)OC. The van der Waals surface area contributed by atoms with Crippen LogP contribution in [-0.4, -0.2) is 52.0 Å². The second-order valence-electron chi connectivity index (χ2n) is 5.01. The van der Waals surface area contributed by atoms with E-state index in [0.717, 1.165) is 11.3 Å². The number of hydrogen-bond acceptors (Lipinski definition) is 6. The van der Waals surface area contributed by atoms with E-state index < -0.39 is 6.29 Å². The molecule has 7 nitrogen and oxygen atoms in total. The molecule has 22 heavy (non-hydrogen) atoms. The first-order chi connectivity index (χ1) is 10.5. The van der Waals surface area contributed by atoms with Crippen molar-refractivity contribution in [2.45, 2.75) is 13.2 Å². The lowest BCUT2D eigenvalue weighted by atomic mass is 10.1. The maximum Gasteiger partial charge on any atom is 0.331 e. The van der Waals surface area contributed by atoms with Gasteiger partial charge < -0.3 is 24.4 Å². The van der Waals surface area contributed by atoms with Crippen molar-refractivity contribution in [3.8, 4) is 5.75 Å². The summed E-state index contributed by atoms with van der Waals surface area (Å²) in [4.78, 5) is 25.4. The molecule has 0 unspecified atom stereocenters. The Hall–Kier alpha value is -2.12. The zero-order valence-electron chi connectivity index (χ0n) is 12.9. The third-order valence-electron chi connectivity index (χ3n) is 3.33. The lowest BCUT2D eigenvalue weighted by Gasteiger charge is -2.29. The van der Waals surface area contributed by atoms with Crippen molar-refractivity contribution in [1.82, 2.24) is 5.32 Å². The quantitative estimate of drug-likeness (QED) is 0.467. The van der Waals surface area contributed by atoms with Gasteiger partial charge in [-0.15, -0.1) is 0 Å². The summed E-state index contributed by atoms with van der Waals surface area (Å²) in [6.07, 6.45) is -0.495. The van der Waals surface area contributed by atoms with Crippen molar-refractivity contribution in [3.63, 3.8) is 0 Å². The van der Waals surface area contributed by atoms with Gasteiger partial charge in [0.1, 0.15) is 6.54 Å². The van der Waals surface area contributed by atoms with E-state index in [1.165, 1.54) is 14.2 Å². The topological polar surface area (TPSA) is 77.1 Å². The summed E-state index contributed by atoms with van der Waals surface area (Å²) in [6.45, 7) is 2.26. The highest BCUT2D eigenvalue weighted by Crippen LogP contribution is 2.32. The van der Waals surface area contributed by atoms with E-state index in [0.29, 0.717) is 5.75 Å². The Kier molecular flexibility index (Phi) is 5.35. The van der Waals surface area contributed by atoms with Gasteiger partial charge in [-0.3, -0.25) is 4.79 Å². The number of anilines is 1. The molecule has 0 bridgehead atoms. The van der Waals surface area contributed by atoms with E-state index >= 15 is 0 Å². The molecule has 0 saturated carbocycles. The first-order valence-electron chi connectivity index (χ1n) is 6.92. The number of carbonyl (C=O) groups is 2. The van der Waals surface area contributed by atoms with Crippen LogP contribution in [0.1, 0.15) is 5.56 Å². The van der Waals surface area contributed by atoms with Crippen LogP contribution in [0.3, 0.4) is 0 Å². The van der Waals surface area contributed by atoms with Crippen LogP contribution in [0, 0.1) is 6.92 Å². The van der Waals surface area contributed by atoms with Crippen LogP contribution in [0.4, 0.5) is 5.69 Å². The van der Waals surface area contributed by atoms with Crippen LogP contribution in [0.15, 0.2) is 18.2 Å². The molecule has 0 saturated heterocycles. The standard InChI is InChI=1S/C15H20N2O5/c1-10-4-5-11-12(6-10)22-14(19)9-17(11)8-13(18)16-7-15(20-2)21-3/h4-6,15H,7-9H2,1-3H3,(H,16,18). The number of ether oxygens (including phenoxy) is 3. The Morgan fingerprint density at radius 3 is 2.82 bits per heavy atom. The summed E-state index contributed by atoms with van der Waals surface area (Å²) in [7, 11) is 3.00. The van der Waals surface area contributed by atoms with E-state index in [-0.39, 0.29) is 31.5 Å². The largest absolute Gasteiger partial charge is 0.423 e. The smallest absolute Gasteiger partial charge is 0.331 e. The molecule has 120 valence electrons. The van der Waals surface area contributed by atoms with Gasteiger partial charge >= 0.3 is 5.97 Å². The van der Waals surface area contributed by atoms with E-state index in [2.05, 4.69) is 5.32 Å². The molecule has 0 radical (unpaired) electrons. The van der Waals surface area contributed by atoms with Crippen molar-refractivity contribution in [2.24, 2.45) is 0 Å². The molecule has 1 amide bonds.